The highest BCUT2D eigenvalue weighted by atomic mass is 16.4. The Morgan fingerprint density at radius 3 is 3.06 bits per heavy atom. The number of phenols is 1. The van der Waals surface area contributed by atoms with Crippen molar-refractivity contribution in [3.8, 4) is 5.75 Å². The molecule has 86 valence electrons. The van der Waals surface area contributed by atoms with Crippen LogP contribution >= 0.6 is 0 Å². The summed E-state index contributed by atoms with van der Waals surface area (Å²) in [6.07, 6.45) is 0.374. The summed E-state index contributed by atoms with van der Waals surface area (Å²) in [4.78, 5) is 10.7. The number of aromatic hydroxyl groups is 1. The molecule has 16 heavy (non-hydrogen) atoms. The molecule has 2 atom stereocenters. The van der Waals surface area contributed by atoms with E-state index in [2.05, 4.69) is 5.32 Å². The van der Waals surface area contributed by atoms with E-state index in [1.807, 2.05) is 0 Å². The van der Waals surface area contributed by atoms with Crippen LogP contribution in [-0.2, 0) is 4.79 Å². The Hall–Kier alpha value is -1.75. The van der Waals surface area contributed by atoms with Gasteiger partial charge in [-0.05, 0) is 30.2 Å². The predicted molar refractivity (Wildman–Crippen MR) is 59.6 cm³/mol. The molecule has 5 heteroatoms. The van der Waals surface area contributed by atoms with Gasteiger partial charge in [0.15, 0.2) is 0 Å². The fourth-order valence-electron chi connectivity index (χ4n) is 2.01. The fourth-order valence-corrected chi connectivity index (χ4v) is 2.01. The molecule has 0 bridgehead atoms. The second-order valence-corrected chi connectivity index (χ2v) is 4.03. The molecule has 1 aromatic carbocycles. The van der Waals surface area contributed by atoms with E-state index in [1.54, 1.807) is 18.2 Å². The Balaban J connectivity index is 2.17. The van der Waals surface area contributed by atoms with Gasteiger partial charge < -0.3 is 21.3 Å². The van der Waals surface area contributed by atoms with Gasteiger partial charge >= 0.3 is 5.97 Å². The molecule has 5 nitrogen and oxygen atoms in total. The molecule has 1 heterocycles. The number of rotatable bonds is 3. The van der Waals surface area contributed by atoms with Gasteiger partial charge in [-0.3, -0.25) is 4.79 Å². The van der Waals surface area contributed by atoms with Gasteiger partial charge in [-0.1, -0.05) is 0 Å². The van der Waals surface area contributed by atoms with Gasteiger partial charge in [0.25, 0.3) is 0 Å². The molecule has 1 aromatic rings. The smallest absolute Gasteiger partial charge is 0.320 e. The van der Waals surface area contributed by atoms with Gasteiger partial charge in [0, 0.05) is 18.2 Å². The molecule has 0 spiro atoms. The number of nitrogens with one attached hydrogen (secondary N) is 1. The van der Waals surface area contributed by atoms with Gasteiger partial charge in [0.05, 0.1) is 0 Å². The zero-order chi connectivity index (χ0) is 11.7. The van der Waals surface area contributed by atoms with E-state index in [9.17, 15) is 9.90 Å². The van der Waals surface area contributed by atoms with Gasteiger partial charge in [-0.25, -0.2) is 0 Å². The van der Waals surface area contributed by atoms with Crippen LogP contribution in [0.1, 0.15) is 17.9 Å². The summed E-state index contributed by atoms with van der Waals surface area (Å²) in [6.45, 7) is 0.666. The van der Waals surface area contributed by atoms with E-state index in [-0.39, 0.29) is 11.7 Å². The Morgan fingerprint density at radius 2 is 2.38 bits per heavy atom. The third-order valence-corrected chi connectivity index (χ3v) is 2.87. The molecule has 5 N–H and O–H groups in total. The maximum Gasteiger partial charge on any atom is 0.320 e. The zero-order valence-electron chi connectivity index (χ0n) is 8.68. The van der Waals surface area contributed by atoms with E-state index in [1.165, 1.54) is 0 Å². The molecule has 0 radical (unpaired) electrons. The standard InChI is InChI=1S/C11H14N2O3/c12-9(11(15)16)3-6-5-13-10-2-1-7(14)4-8(6)10/h1-2,4,6,9,13-14H,3,5,12H2,(H,15,16)/t6-,9-/m0/s1. The van der Waals surface area contributed by atoms with Crippen molar-refractivity contribution in [3.05, 3.63) is 23.8 Å². The molecule has 0 amide bonds. The quantitative estimate of drug-likeness (QED) is 0.565. The lowest BCUT2D eigenvalue weighted by molar-refractivity contribution is -0.138. The Morgan fingerprint density at radius 1 is 1.62 bits per heavy atom. The highest BCUT2D eigenvalue weighted by Gasteiger charge is 2.26. The zero-order valence-corrected chi connectivity index (χ0v) is 8.68. The van der Waals surface area contributed by atoms with Crippen molar-refractivity contribution in [1.82, 2.24) is 0 Å². The van der Waals surface area contributed by atoms with Crippen LogP contribution in [-0.4, -0.2) is 28.8 Å². The summed E-state index contributed by atoms with van der Waals surface area (Å²) >= 11 is 0. The summed E-state index contributed by atoms with van der Waals surface area (Å²) in [5.74, 6) is -0.752. The number of carboxylic acids is 1. The van der Waals surface area contributed by atoms with E-state index in [0.717, 1.165) is 11.3 Å². The Kier molecular flexibility index (Phi) is 2.70. The molecule has 2 rings (SSSR count). The first-order chi connectivity index (χ1) is 7.58. The minimum atomic E-state index is -0.992. The van der Waals surface area contributed by atoms with Crippen LogP contribution < -0.4 is 11.1 Å². The van der Waals surface area contributed by atoms with Gasteiger partial charge in [0.2, 0.25) is 0 Å². The van der Waals surface area contributed by atoms with Gasteiger partial charge in [-0.2, -0.15) is 0 Å². The van der Waals surface area contributed by atoms with E-state index in [4.69, 9.17) is 10.8 Å². The first-order valence-electron chi connectivity index (χ1n) is 5.13. The number of fused-ring (bicyclic) bond motifs is 1. The van der Waals surface area contributed by atoms with Gasteiger partial charge in [-0.15, -0.1) is 0 Å². The molecule has 0 unspecified atom stereocenters. The summed E-state index contributed by atoms with van der Waals surface area (Å²) < 4.78 is 0. The molecular formula is C11H14N2O3. The first-order valence-corrected chi connectivity index (χ1v) is 5.13. The molecule has 0 saturated carbocycles. The topological polar surface area (TPSA) is 95.6 Å². The normalized spacial score (nSPS) is 19.9. The van der Waals surface area contributed by atoms with E-state index >= 15 is 0 Å². The molecule has 0 aliphatic carbocycles. The maximum atomic E-state index is 10.7. The molecule has 0 saturated heterocycles. The van der Waals surface area contributed by atoms with Crippen molar-refractivity contribution >= 4 is 11.7 Å². The number of benzene rings is 1. The van der Waals surface area contributed by atoms with Crippen molar-refractivity contribution in [1.29, 1.82) is 0 Å². The van der Waals surface area contributed by atoms with Gasteiger partial charge in [0.1, 0.15) is 11.8 Å². The summed E-state index contributed by atoms with van der Waals surface area (Å²) in [7, 11) is 0. The largest absolute Gasteiger partial charge is 0.508 e. The highest BCUT2D eigenvalue weighted by molar-refractivity contribution is 5.73. The maximum absolute atomic E-state index is 10.7. The molecule has 1 aliphatic rings. The fraction of sp³-hybridized carbons (Fsp3) is 0.364. The number of hydrogen-bond acceptors (Lipinski definition) is 4. The highest BCUT2D eigenvalue weighted by Crippen LogP contribution is 2.36. The first kappa shape index (κ1) is 10.8. The second kappa shape index (κ2) is 4.02. The predicted octanol–water partition coefficient (Wildman–Crippen LogP) is 0.703. The van der Waals surface area contributed by atoms with Crippen LogP contribution in [0.15, 0.2) is 18.2 Å². The minimum absolute atomic E-state index is 0.0493. The van der Waals surface area contributed by atoms with Crippen molar-refractivity contribution in [2.75, 3.05) is 11.9 Å². The van der Waals surface area contributed by atoms with E-state index < -0.39 is 12.0 Å². The van der Waals surface area contributed by atoms with Crippen LogP contribution in [0.5, 0.6) is 5.75 Å². The summed E-state index contributed by atoms with van der Waals surface area (Å²) in [5, 5.41) is 21.3. The average molecular weight is 222 g/mol. The van der Waals surface area contributed by atoms with Crippen molar-refractivity contribution in [2.45, 2.75) is 18.4 Å². The summed E-state index contributed by atoms with van der Waals surface area (Å²) in [6, 6.07) is 4.19. The van der Waals surface area contributed by atoms with Crippen LogP contribution in [0.25, 0.3) is 0 Å². The number of phenolic OH excluding ortho intramolecular Hbond substituents is 1. The molecule has 1 aliphatic heterocycles. The number of carbonyl (C=O) groups is 1. The minimum Gasteiger partial charge on any atom is -0.508 e. The van der Waals surface area contributed by atoms with Crippen LogP contribution in [0, 0.1) is 0 Å². The van der Waals surface area contributed by atoms with Crippen LogP contribution in [0.2, 0.25) is 0 Å². The number of anilines is 1. The number of aliphatic carboxylic acids is 1. The third kappa shape index (κ3) is 1.94. The van der Waals surface area contributed by atoms with Crippen LogP contribution in [0.3, 0.4) is 0 Å². The molecular weight excluding hydrogens is 208 g/mol. The lowest BCUT2D eigenvalue weighted by atomic mass is 9.94. The lowest BCUT2D eigenvalue weighted by Crippen LogP contribution is -2.32. The number of hydrogen-bond donors (Lipinski definition) is 4. The van der Waals surface area contributed by atoms with Crippen LogP contribution in [0.4, 0.5) is 5.69 Å². The third-order valence-electron chi connectivity index (χ3n) is 2.87. The van der Waals surface area contributed by atoms with Crippen molar-refractivity contribution in [3.63, 3.8) is 0 Å². The average Bonchev–Trinajstić information content (AvgIpc) is 2.61. The lowest BCUT2D eigenvalue weighted by Gasteiger charge is -2.13. The molecule has 0 fully saturated rings. The number of nitrogens with two attached hydrogens (primary N) is 1. The second-order valence-electron chi connectivity index (χ2n) is 4.03. The Labute approximate surface area is 92.9 Å². The monoisotopic (exact) mass is 222 g/mol. The molecule has 0 aromatic heterocycles. The summed E-state index contributed by atoms with van der Waals surface area (Å²) in [5.41, 5.74) is 7.39. The van der Waals surface area contributed by atoms with Crippen molar-refractivity contribution < 1.29 is 15.0 Å². The Bertz CT molecular complexity index is 420. The number of carboxylic acid groups (broad SMARTS) is 1. The van der Waals surface area contributed by atoms with E-state index in [0.29, 0.717) is 13.0 Å². The van der Waals surface area contributed by atoms with Crippen molar-refractivity contribution in [2.24, 2.45) is 5.73 Å². The SMILES string of the molecule is N[C@@H](C[C@H]1CNc2ccc(O)cc21)C(=O)O.